The van der Waals surface area contributed by atoms with Crippen LogP contribution in [0.3, 0.4) is 0 Å². The topological polar surface area (TPSA) is 43.3 Å². The summed E-state index contributed by atoms with van der Waals surface area (Å²) < 4.78 is 1.76. The quantitative estimate of drug-likeness (QED) is 0.463. The second-order valence-corrected chi connectivity index (χ2v) is 7.18. The second kappa shape index (κ2) is 8.84. The monoisotopic (exact) mass is 404 g/mol. The van der Waals surface area contributed by atoms with Gasteiger partial charge in [0, 0.05) is 18.0 Å². The van der Waals surface area contributed by atoms with Crippen LogP contribution < -0.4 is 10.2 Å². The van der Waals surface area contributed by atoms with Gasteiger partial charge in [-0.05, 0) is 29.3 Å². The summed E-state index contributed by atoms with van der Waals surface area (Å²) in [5.74, 6) is -0.120. The van der Waals surface area contributed by atoms with E-state index in [2.05, 4.69) is 17.4 Å². The zero-order chi connectivity index (χ0) is 20.1. The summed E-state index contributed by atoms with van der Waals surface area (Å²) in [5, 5.41) is 4.40. The van der Waals surface area contributed by atoms with Crippen molar-refractivity contribution in [1.29, 1.82) is 0 Å². The van der Waals surface area contributed by atoms with Crippen molar-refractivity contribution in [3.05, 3.63) is 101 Å². The lowest BCUT2D eigenvalue weighted by Crippen LogP contribution is -2.15. The molecule has 1 aromatic heterocycles. The molecule has 0 atom stereocenters. The molecule has 0 aliphatic rings. The van der Waals surface area contributed by atoms with Crippen LogP contribution in [0.1, 0.15) is 11.1 Å². The van der Waals surface area contributed by atoms with Crippen LogP contribution in [0.5, 0.6) is 0 Å². The molecule has 4 nitrogen and oxygen atoms in total. The first-order chi connectivity index (χ1) is 14.2. The Balaban J connectivity index is 1.48. The summed E-state index contributed by atoms with van der Waals surface area (Å²) in [6.45, 7) is 0.550. The minimum Gasteiger partial charge on any atom is -0.413 e. The third-order valence-corrected chi connectivity index (χ3v) is 5.05. The van der Waals surface area contributed by atoms with Crippen LogP contribution in [0.2, 0.25) is 5.02 Å². The summed E-state index contributed by atoms with van der Waals surface area (Å²) in [4.78, 5) is 18.6. The van der Waals surface area contributed by atoms with Crippen molar-refractivity contribution in [2.24, 2.45) is 0 Å². The maximum absolute atomic E-state index is 12.6. The Morgan fingerprint density at radius 3 is 2.48 bits per heavy atom. The summed E-state index contributed by atoms with van der Waals surface area (Å²) in [6, 6.07) is 25.4. The average Bonchev–Trinajstić information content (AvgIpc) is 3.08. The molecule has 1 N–H and O–H groups in total. The van der Waals surface area contributed by atoms with Crippen molar-refractivity contribution in [3.63, 3.8) is 0 Å². The number of nitrogens with one attached hydrogen (secondary N) is 1. The Kier molecular flexibility index (Phi) is 5.82. The minimum atomic E-state index is -0.120. The van der Waals surface area contributed by atoms with E-state index in [-0.39, 0.29) is 12.3 Å². The molecule has 0 spiro atoms. The van der Waals surface area contributed by atoms with E-state index in [4.69, 9.17) is 16.4 Å². The Hall–Kier alpha value is -3.24. The molecule has 29 heavy (non-hydrogen) atoms. The van der Waals surface area contributed by atoms with Crippen molar-refractivity contribution in [2.75, 3.05) is 11.9 Å². The van der Waals surface area contributed by atoms with Gasteiger partial charge in [-0.2, -0.15) is 4.73 Å². The molecule has 0 fully saturated rings. The number of halogens is 1. The number of hydrogen-bond acceptors (Lipinski definition) is 2. The second-order valence-electron chi connectivity index (χ2n) is 6.77. The maximum atomic E-state index is 12.6. The number of hydrogen-bond donors (Lipinski definition) is 1. The molecule has 1 heterocycles. The SMILES string of the molecule is O=C(Cc1cn(OCCc2ccccc2)c2ccccc12)Nc1ccccc1Cl. The molecule has 4 aromatic rings. The van der Waals surface area contributed by atoms with E-state index in [1.807, 2.05) is 60.8 Å². The zero-order valence-corrected chi connectivity index (χ0v) is 16.6. The fraction of sp³-hybridized carbons (Fsp3) is 0.125. The predicted molar refractivity (Wildman–Crippen MR) is 117 cm³/mol. The standard InChI is InChI=1S/C24H21ClN2O2/c25-21-11-5-6-12-22(21)26-24(28)16-19-17-27(23-13-7-4-10-20(19)23)29-15-14-18-8-2-1-3-9-18/h1-13,17H,14-16H2,(H,26,28). The van der Waals surface area contributed by atoms with Crippen molar-refractivity contribution in [1.82, 2.24) is 4.73 Å². The fourth-order valence-corrected chi connectivity index (χ4v) is 3.49. The highest BCUT2D eigenvalue weighted by molar-refractivity contribution is 6.33. The molecular formula is C24H21ClN2O2. The molecule has 0 aliphatic carbocycles. The van der Waals surface area contributed by atoms with E-state index in [9.17, 15) is 4.79 Å². The van der Waals surface area contributed by atoms with Crippen LogP contribution in [0.25, 0.3) is 10.9 Å². The van der Waals surface area contributed by atoms with Crippen LogP contribution in [0, 0.1) is 0 Å². The van der Waals surface area contributed by atoms with Crippen LogP contribution in [0.15, 0.2) is 85.1 Å². The van der Waals surface area contributed by atoms with Gasteiger partial charge in [-0.3, -0.25) is 4.79 Å². The normalized spacial score (nSPS) is 10.8. The van der Waals surface area contributed by atoms with E-state index < -0.39 is 0 Å². The number of nitrogens with zero attached hydrogens (tertiary/aromatic N) is 1. The van der Waals surface area contributed by atoms with Gasteiger partial charge in [0.15, 0.2) is 0 Å². The molecular weight excluding hydrogens is 384 g/mol. The van der Waals surface area contributed by atoms with Gasteiger partial charge in [0.05, 0.1) is 22.6 Å². The van der Waals surface area contributed by atoms with Gasteiger partial charge in [0.1, 0.15) is 6.61 Å². The number of amides is 1. The number of fused-ring (bicyclic) bond motifs is 1. The van der Waals surface area contributed by atoms with Crippen molar-refractivity contribution in [3.8, 4) is 0 Å². The van der Waals surface area contributed by atoms with Crippen molar-refractivity contribution < 1.29 is 9.63 Å². The molecule has 0 aliphatic heterocycles. The number of carbonyl (C=O) groups excluding carboxylic acids is 1. The Morgan fingerprint density at radius 2 is 1.66 bits per heavy atom. The summed E-state index contributed by atoms with van der Waals surface area (Å²) in [6.07, 6.45) is 2.94. The summed E-state index contributed by atoms with van der Waals surface area (Å²) >= 11 is 6.14. The summed E-state index contributed by atoms with van der Waals surface area (Å²) in [7, 11) is 0. The van der Waals surface area contributed by atoms with Gasteiger partial charge in [0.2, 0.25) is 5.91 Å². The Morgan fingerprint density at radius 1 is 0.931 bits per heavy atom. The highest BCUT2D eigenvalue weighted by atomic mass is 35.5. The molecule has 0 radical (unpaired) electrons. The third kappa shape index (κ3) is 4.61. The van der Waals surface area contributed by atoms with Gasteiger partial charge in [-0.15, -0.1) is 0 Å². The van der Waals surface area contributed by atoms with Gasteiger partial charge in [-0.1, -0.05) is 72.3 Å². The number of carbonyl (C=O) groups is 1. The van der Waals surface area contributed by atoms with Crippen LogP contribution in [-0.4, -0.2) is 17.2 Å². The van der Waals surface area contributed by atoms with Crippen LogP contribution >= 0.6 is 11.6 Å². The number of aromatic nitrogens is 1. The minimum absolute atomic E-state index is 0.120. The third-order valence-electron chi connectivity index (χ3n) is 4.72. The van der Waals surface area contributed by atoms with E-state index >= 15 is 0 Å². The predicted octanol–water partition coefficient (Wildman–Crippen LogP) is 5.15. The van der Waals surface area contributed by atoms with E-state index in [0.29, 0.717) is 17.3 Å². The first-order valence-corrected chi connectivity index (χ1v) is 9.89. The number of para-hydroxylation sites is 2. The Labute approximate surface area is 174 Å². The van der Waals surface area contributed by atoms with E-state index in [1.54, 1.807) is 16.9 Å². The lowest BCUT2D eigenvalue weighted by Gasteiger charge is -2.08. The van der Waals surface area contributed by atoms with Gasteiger partial charge in [-0.25, -0.2) is 0 Å². The van der Waals surface area contributed by atoms with Crippen molar-refractivity contribution >= 4 is 34.1 Å². The highest BCUT2D eigenvalue weighted by Crippen LogP contribution is 2.23. The summed E-state index contributed by atoms with van der Waals surface area (Å²) in [5.41, 5.74) is 3.69. The van der Waals surface area contributed by atoms with Crippen molar-refractivity contribution in [2.45, 2.75) is 12.8 Å². The lowest BCUT2D eigenvalue weighted by atomic mass is 10.1. The number of anilines is 1. The number of benzene rings is 3. The molecule has 0 saturated heterocycles. The van der Waals surface area contributed by atoms with Gasteiger partial charge < -0.3 is 10.2 Å². The molecule has 1 amide bonds. The van der Waals surface area contributed by atoms with E-state index in [1.165, 1.54) is 5.56 Å². The molecule has 5 heteroatoms. The molecule has 0 bridgehead atoms. The molecule has 0 unspecified atom stereocenters. The zero-order valence-electron chi connectivity index (χ0n) is 15.8. The Bertz CT molecular complexity index is 1120. The molecule has 3 aromatic carbocycles. The van der Waals surface area contributed by atoms with E-state index in [0.717, 1.165) is 22.9 Å². The molecule has 4 rings (SSSR count). The first-order valence-electron chi connectivity index (χ1n) is 9.51. The average molecular weight is 405 g/mol. The smallest absolute Gasteiger partial charge is 0.228 e. The van der Waals surface area contributed by atoms with Crippen LogP contribution in [-0.2, 0) is 17.6 Å². The van der Waals surface area contributed by atoms with Gasteiger partial charge >= 0.3 is 0 Å². The highest BCUT2D eigenvalue weighted by Gasteiger charge is 2.13. The first kappa shape index (κ1) is 19.1. The lowest BCUT2D eigenvalue weighted by molar-refractivity contribution is -0.115. The fourth-order valence-electron chi connectivity index (χ4n) is 3.30. The maximum Gasteiger partial charge on any atom is 0.228 e. The largest absolute Gasteiger partial charge is 0.413 e. The molecule has 146 valence electrons. The van der Waals surface area contributed by atoms with Crippen LogP contribution in [0.4, 0.5) is 5.69 Å². The number of rotatable bonds is 7. The van der Waals surface area contributed by atoms with Gasteiger partial charge in [0.25, 0.3) is 0 Å². The molecule has 0 saturated carbocycles.